The van der Waals surface area contributed by atoms with Gasteiger partial charge in [-0.15, -0.1) is 0 Å². The first-order chi connectivity index (χ1) is 9.88. The summed E-state index contributed by atoms with van der Waals surface area (Å²) in [5.41, 5.74) is 2.48. The highest BCUT2D eigenvalue weighted by atomic mass is 32.2. The lowest BCUT2D eigenvalue weighted by Crippen LogP contribution is -2.23. The summed E-state index contributed by atoms with van der Waals surface area (Å²) in [4.78, 5) is 4.34. The van der Waals surface area contributed by atoms with Gasteiger partial charge in [0.2, 0.25) is 0 Å². The van der Waals surface area contributed by atoms with Crippen molar-refractivity contribution in [3.63, 3.8) is 0 Å². The number of para-hydroxylation sites is 1. The predicted octanol–water partition coefficient (Wildman–Crippen LogP) is 3.37. The monoisotopic (exact) mass is 301 g/mol. The normalized spacial score (nSPS) is 18.6. The van der Waals surface area contributed by atoms with Gasteiger partial charge in [0.15, 0.2) is 0 Å². The first kappa shape index (κ1) is 13.6. The summed E-state index contributed by atoms with van der Waals surface area (Å²) in [5, 5.41) is 14.4. The van der Waals surface area contributed by atoms with Crippen LogP contribution in [-0.2, 0) is 0 Å². The summed E-state index contributed by atoms with van der Waals surface area (Å²) in [6.07, 6.45) is 1.66. The maximum absolute atomic E-state index is 9.28. The van der Waals surface area contributed by atoms with Crippen molar-refractivity contribution in [2.45, 2.75) is 5.25 Å². The van der Waals surface area contributed by atoms with Crippen LogP contribution < -0.4 is 5.32 Å². The van der Waals surface area contributed by atoms with Gasteiger partial charge < -0.3 is 5.32 Å². The fraction of sp³-hybridized carbons (Fsp3) is 0.333. The van der Waals surface area contributed by atoms with E-state index in [1.54, 1.807) is 6.20 Å². The Hall–Kier alpha value is -1.38. The number of nitriles is 1. The van der Waals surface area contributed by atoms with Crippen LogP contribution in [0.3, 0.4) is 0 Å². The molecule has 2 heterocycles. The van der Waals surface area contributed by atoms with Gasteiger partial charge in [0.1, 0.15) is 6.07 Å². The fourth-order valence-corrected chi connectivity index (χ4v) is 4.90. The van der Waals surface area contributed by atoms with E-state index in [4.69, 9.17) is 0 Å². The van der Waals surface area contributed by atoms with Gasteiger partial charge in [0.25, 0.3) is 0 Å². The summed E-state index contributed by atoms with van der Waals surface area (Å²) < 4.78 is 0. The zero-order chi connectivity index (χ0) is 13.8. The maximum atomic E-state index is 9.28. The predicted molar refractivity (Wildman–Crippen MR) is 88.5 cm³/mol. The zero-order valence-electron chi connectivity index (χ0n) is 11.0. The van der Waals surface area contributed by atoms with Gasteiger partial charge in [0.05, 0.1) is 16.8 Å². The highest BCUT2D eigenvalue weighted by Crippen LogP contribution is 2.28. The Morgan fingerprint density at radius 1 is 1.35 bits per heavy atom. The number of benzene rings is 1. The second kappa shape index (κ2) is 6.38. The highest BCUT2D eigenvalue weighted by molar-refractivity contribution is 8.06. The standard InChI is InChI=1S/C15H15N3S2/c16-7-11-8-17-14-4-2-1-3-13(14)15(11)18-9-12-10-19-5-6-20-12/h1-4,8,12H,5-6,9-10H2,(H,17,18). The molecule has 3 rings (SSSR count). The third-order valence-corrected chi connectivity index (χ3v) is 6.13. The Morgan fingerprint density at radius 2 is 2.25 bits per heavy atom. The Labute approximate surface area is 127 Å². The summed E-state index contributed by atoms with van der Waals surface area (Å²) >= 11 is 4.03. The molecule has 1 aromatic carbocycles. The first-order valence-corrected chi connectivity index (χ1v) is 8.80. The lowest BCUT2D eigenvalue weighted by Gasteiger charge is -2.22. The lowest BCUT2D eigenvalue weighted by atomic mass is 10.1. The van der Waals surface area contributed by atoms with Crippen LogP contribution >= 0.6 is 23.5 Å². The minimum absolute atomic E-state index is 0.618. The molecule has 5 heteroatoms. The molecule has 2 aromatic rings. The van der Waals surface area contributed by atoms with Gasteiger partial charge in [-0.3, -0.25) is 4.98 Å². The second-order valence-corrected chi connectivity index (χ2v) is 7.18. The lowest BCUT2D eigenvalue weighted by molar-refractivity contribution is 1.01. The van der Waals surface area contributed by atoms with Crippen LogP contribution in [-0.4, -0.2) is 34.0 Å². The van der Waals surface area contributed by atoms with Crippen LogP contribution in [0.2, 0.25) is 0 Å². The third kappa shape index (κ3) is 2.87. The largest absolute Gasteiger partial charge is 0.382 e. The SMILES string of the molecule is N#Cc1cnc2ccccc2c1NCC1CSCCS1. The molecule has 1 unspecified atom stereocenters. The molecular weight excluding hydrogens is 286 g/mol. The van der Waals surface area contributed by atoms with E-state index in [0.29, 0.717) is 10.8 Å². The van der Waals surface area contributed by atoms with E-state index in [1.807, 2.05) is 47.8 Å². The average Bonchev–Trinajstić information content (AvgIpc) is 2.53. The van der Waals surface area contributed by atoms with Gasteiger partial charge in [-0.25, -0.2) is 0 Å². The molecule has 0 radical (unpaired) electrons. The van der Waals surface area contributed by atoms with Crippen molar-refractivity contribution in [2.24, 2.45) is 0 Å². The first-order valence-electron chi connectivity index (χ1n) is 6.59. The highest BCUT2D eigenvalue weighted by Gasteiger charge is 2.15. The van der Waals surface area contributed by atoms with E-state index in [9.17, 15) is 5.26 Å². The average molecular weight is 301 g/mol. The van der Waals surface area contributed by atoms with Crippen molar-refractivity contribution in [2.75, 3.05) is 29.1 Å². The minimum Gasteiger partial charge on any atom is -0.382 e. The van der Waals surface area contributed by atoms with Gasteiger partial charge in [-0.1, -0.05) is 18.2 Å². The minimum atomic E-state index is 0.618. The van der Waals surface area contributed by atoms with Gasteiger partial charge in [0, 0.05) is 40.6 Å². The summed E-state index contributed by atoms with van der Waals surface area (Å²) in [5.74, 6) is 3.66. The molecule has 1 aromatic heterocycles. The van der Waals surface area contributed by atoms with E-state index < -0.39 is 0 Å². The molecular formula is C15H15N3S2. The number of anilines is 1. The number of fused-ring (bicyclic) bond motifs is 1. The molecule has 1 atom stereocenters. The Bertz CT molecular complexity index is 645. The number of aromatic nitrogens is 1. The molecule has 102 valence electrons. The molecule has 0 saturated carbocycles. The second-order valence-electron chi connectivity index (χ2n) is 4.62. The number of thioether (sulfide) groups is 2. The number of hydrogen-bond acceptors (Lipinski definition) is 5. The van der Waals surface area contributed by atoms with Crippen molar-refractivity contribution in [3.8, 4) is 6.07 Å². The van der Waals surface area contributed by atoms with Gasteiger partial charge in [-0.05, 0) is 6.07 Å². The molecule has 1 N–H and O–H groups in total. The molecule has 1 fully saturated rings. The van der Waals surface area contributed by atoms with E-state index in [1.165, 1.54) is 17.3 Å². The van der Waals surface area contributed by atoms with Crippen molar-refractivity contribution in [1.29, 1.82) is 5.26 Å². The van der Waals surface area contributed by atoms with E-state index in [-0.39, 0.29) is 0 Å². The number of nitrogens with one attached hydrogen (secondary N) is 1. The molecule has 1 saturated heterocycles. The van der Waals surface area contributed by atoms with Crippen LogP contribution in [0, 0.1) is 11.3 Å². The topological polar surface area (TPSA) is 48.7 Å². The number of rotatable bonds is 3. The Kier molecular flexibility index (Phi) is 4.34. The van der Waals surface area contributed by atoms with Crippen LogP contribution in [0.4, 0.5) is 5.69 Å². The molecule has 0 spiro atoms. The summed E-state index contributed by atoms with van der Waals surface area (Å²) in [6.45, 7) is 0.903. The Balaban J connectivity index is 1.87. The summed E-state index contributed by atoms with van der Waals surface area (Å²) in [7, 11) is 0. The van der Waals surface area contributed by atoms with E-state index >= 15 is 0 Å². The molecule has 0 bridgehead atoms. The Morgan fingerprint density at radius 3 is 3.05 bits per heavy atom. The molecule has 1 aliphatic rings. The smallest absolute Gasteiger partial charge is 0.103 e. The zero-order valence-corrected chi connectivity index (χ0v) is 12.6. The summed E-state index contributed by atoms with van der Waals surface area (Å²) in [6, 6.07) is 10.2. The molecule has 0 aliphatic carbocycles. The third-order valence-electron chi connectivity index (χ3n) is 3.29. The fourth-order valence-electron chi connectivity index (χ4n) is 2.29. The van der Waals surface area contributed by atoms with Crippen molar-refractivity contribution < 1.29 is 0 Å². The van der Waals surface area contributed by atoms with E-state index in [2.05, 4.69) is 16.4 Å². The van der Waals surface area contributed by atoms with Gasteiger partial charge in [-0.2, -0.15) is 28.8 Å². The number of pyridine rings is 1. The van der Waals surface area contributed by atoms with E-state index in [0.717, 1.165) is 23.1 Å². The maximum Gasteiger partial charge on any atom is 0.103 e. The quantitative estimate of drug-likeness (QED) is 0.942. The molecule has 20 heavy (non-hydrogen) atoms. The van der Waals surface area contributed by atoms with Crippen LogP contribution in [0.1, 0.15) is 5.56 Å². The van der Waals surface area contributed by atoms with Crippen LogP contribution in [0.25, 0.3) is 10.9 Å². The number of nitrogens with zero attached hydrogens (tertiary/aromatic N) is 2. The molecule has 0 amide bonds. The van der Waals surface area contributed by atoms with Crippen LogP contribution in [0.15, 0.2) is 30.5 Å². The van der Waals surface area contributed by atoms with Crippen molar-refractivity contribution >= 4 is 40.1 Å². The molecule has 3 nitrogen and oxygen atoms in total. The van der Waals surface area contributed by atoms with Crippen molar-refractivity contribution in [3.05, 3.63) is 36.0 Å². The molecule has 1 aliphatic heterocycles. The van der Waals surface area contributed by atoms with Crippen molar-refractivity contribution in [1.82, 2.24) is 4.98 Å². The van der Waals surface area contributed by atoms with Gasteiger partial charge >= 0.3 is 0 Å². The van der Waals surface area contributed by atoms with Crippen LogP contribution in [0.5, 0.6) is 0 Å². The number of hydrogen-bond donors (Lipinski definition) is 1.